The summed E-state index contributed by atoms with van der Waals surface area (Å²) in [7, 11) is 0. The van der Waals surface area contributed by atoms with Crippen molar-refractivity contribution in [3.05, 3.63) is 36.0 Å². The van der Waals surface area contributed by atoms with Gasteiger partial charge in [-0.3, -0.25) is 9.59 Å². The van der Waals surface area contributed by atoms with Crippen molar-refractivity contribution in [1.82, 2.24) is 20.9 Å². The molecule has 1 aliphatic rings. The fourth-order valence-electron chi connectivity index (χ4n) is 4.79. The Morgan fingerprint density at radius 1 is 1.16 bits per heavy atom. The lowest BCUT2D eigenvalue weighted by Gasteiger charge is -2.30. The number of aromatic amines is 1. The van der Waals surface area contributed by atoms with Crippen LogP contribution in [0.2, 0.25) is 0 Å². The molecule has 2 unspecified atom stereocenters. The Hall–Kier alpha value is -2.91. The normalized spacial score (nSPS) is 18.6. The molecule has 0 aliphatic carbocycles. The van der Waals surface area contributed by atoms with Gasteiger partial charge in [0.1, 0.15) is 17.7 Å². The monoisotopic (exact) mass is 513 g/mol. The van der Waals surface area contributed by atoms with Gasteiger partial charge in [-0.2, -0.15) is 0 Å². The summed E-state index contributed by atoms with van der Waals surface area (Å²) in [5, 5.41) is 10.2. The van der Waals surface area contributed by atoms with Gasteiger partial charge in [0.2, 0.25) is 11.8 Å². The third-order valence-electron chi connectivity index (χ3n) is 6.81. The van der Waals surface area contributed by atoms with Crippen LogP contribution in [0, 0.1) is 5.92 Å². The number of rotatable bonds is 11. The molecule has 2 aromatic rings. The Balaban J connectivity index is 1.86. The molecule has 6 N–H and O–H groups in total. The molecule has 1 aromatic heterocycles. The van der Waals surface area contributed by atoms with Crippen LogP contribution in [0.15, 0.2) is 30.5 Å². The number of piperidine rings is 1. The lowest BCUT2D eigenvalue weighted by Crippen LogP contribution is -2.56. The highest BCUT2D eigenvalue weighted by molar-refractivity contribution is 5.93. The van der Waals surface area contributed by atoms with Gasteiger partial charge in [-0.1, -0.05) is 25.1 Å². The Labute approximate surface area is 219 Å². The lowest BCUT2D eigenvalue weighted by molar-refractivity contribution is -0.159. The largest absolute Gasteiger partial charge is 0.458 e. The maximum atomic E-state index is 13.8. The number of nitrogens with two attached hydrogens (primary N) is 1. The molecular formula is C28H43N5O4. The van der Waals surface area contributed by atoms with E-state index in [0.29, 0.717) is 25.9 Å². The topological polar surface area (TPSA) is 138 Å². The number of para-hydroxylation sites is 1. The molecule has 37 heavy (non-hydrogen) atoms. The maximum absolute atomic E-state index is 13.8. The highest BCUT2D eigenvalue weighted by atomic mass is 16.6. The standard InChI is InChI=1S/C28H43N5O4/c1-18(21-17-31-22-12-6-5-11-20(21)22)24(33-25(34)19-10-9-15-30-16-19)26(35)32-23(13-7-8-14-29)27(36)37-28(2,3)4/h5-6,11-12,17-19,23-24,30-31H,7-10,13-16,29H2,1-4H3,(H,32,35)(H,33,34)/t18-,19?,23-,24?/m0/s1. The molecule has 0 spiro atoms. The average molecular weight is 514 g/mol. The fraction of sp³-hybridized carbons (Fsp3) is 0.607. The zero-order valence-electron chi connectivity index (χ0n) is 22.6. The summed E-state index contributed by atoms with van der Waals surface area (Å²) in [4.78, 5) is 43.2. The van der Waals surface area contributed by atoms with Crippen LogP contribution < -0.4 is 21.7 Å². The van der Waals surface area contributed by atoms with Crippen molar-refractivity contribution in [3.63, 3.8) is 0 Å². The molecule has 9 nitrogen and oxygen atoms in total. The SMILES string of the molecule is C[C@@H](c1c[nH]c2ccccc12)C(NC(=O)C1CCCNC1)C(=O)N[C@@H](CCCCN)C(=O)OC(C)(C)C. The van der Waals surface area contributed by atoms with Crippen molar-refractivity contribution in [2.45, 2.75) is 83.4 Å². The molecule has 4 atom stereocenters. The van der Waals surface area contributed by atoms with Gasteiger partial charge in [0.05, 0.1) is 5.92 Å². The van der Waals surface area contributed by atoms with E-state index in [9.17, 15) is 14.4 Å². The first kappa shape index (κ1) is 28.7. The van der Waals surface area contributed by atoms with Crippen LogP contribution in [0.1, 0.15) is 71.3 Å². The van der Waals surface area contributed by atoms with Gasteiger partial charge in [-0.25, -0.2) is 4.79 Å². The first-order valence-corrected chi connectivity index (χ1v) is 13.4. The van der Waals surface area contributed by atoms with E-state index in [2.05, 4.69) is 20.9 Å². The van der Waals surface area contributed by atoms with Crippen molar-refractivity contribution in [2.24, 2.45) is 11.7 Å². The van der Waals surface area contributed by atoms with Crippen LogP contribution in [-0.4, -0.2) is 60.1 Å². The number of amides is 2. The molecule has 1 aromatic carbocycles. The van der Waals surface area contributed by atoms with Crippen LogP contribution in [-0.2, 0) is 19.1 Å². The predicted octanol–water partition coefficient (Wildman–Crippen LogP) is 2.71. The summed E-state index contributed by atoms with van der Waals surface area (Å²) < 4.78 is 5.59. The van der Waals surface area contributed by atoms with E-state index < -0.39 is 29.6 Å². The van der Waals surface area contributed by atoms with E-state index in [4.69, 9.17) is 10.5 Å². The minimum Gasteiger partial charge on any atom is -0.458 e. The second-order valence-corrected chi connectivity index (χ2v) is 11.0. The van der Waals surface area contributed by atoms with Crippen molar-refractivity contribution in [3.8, 4) is 0 Å². The van der Waals surface area contributed by atoms with E-state index >= 15 is 0 Å². The molecule has 0 saturated carbocycles. The molecule has 204 valence electrons. The first-order chi connectivity index (χ1) is 17.6. The Kier molecular flexibility index (Phi) is 10.1. The summed E-state index contributed by atoms with van der Waals surface area (Å²) in [5.41, 5.74) is 6.84. The fourth-order valence-corrected chi connectivity index (χ4v) is 4.79. The van der Waals surface area contributed by atoms with Crippen molar-refractivity contribution < 1.29 is 19.1 Å². The zero-order valence-corrected chi connectivity index (χ0v) is 22.6. The molecule has 1 saturated heterocycles. The van der Waals surface area contributed by atoms with E-state index in [1.165, 1.54) is 0 Å². The van der Waals surface area contributed by atoms with Crippen molar-refractivity contribution in [2.75, 3.05) is 19.6 Å². The third kappa shape index (κ3) is 8.04. The van der Waals surface area contributed by atoms with Crippen molar-refractivity contribution >= 4 is 28.7 Å². The number of nitrogens with one attached hydrogen (secondary N) is 4. The molecule has 0 bridgehead atoms. The lowest BCUT2D eigenvalue weighted by atomic mass is 9.90. The number of hydrogen-bond donors (Lipinski definition) is 5. The Bertz CT molecular complexity index is 1050. The minimum atomic E-state index is -0.868. The quantitative estimate of drug-likeness (QED) is 0.231. The number of carbonyl (C=O) groups excluding carboxylic acids is 3. The summed E-state index contributed by atoms with van der Waals surface area (Å²) in [5.74, 6) is -1.60. The molecule has 1 aliphatic heterocycles. The van der Waals surface area contributed by atoms with Crippen molar-refractivity contribution in [1.29, 1.82) is 0 Å². The van der Waals surface area contributed by atoms with E-state index in [1.807, 2.05) is 37.4 Å². The minimum absolute atomic E-state index is 0.156. The van der Waals surface area contributed by atoms with E-state index in [-0.39, 0.29) is 17.7 Å². The van der Waals surface area contributed by atoms with Gasteiger partial charge in [0.25, 0.3) is 0 Å². The number of esters is 1. The van der Waals surface area contributed by atoms with Crippen LogP contribution >= 0.6 is 0 Å². The molecule has 2 amide bonds. The summed E-state index contributed by atoms with van der Waals surface area (Å²) in [6.45, 7) is 9.29. The van der Waals surface area contributed by atoms with Gasteiger partial charge >= 0.3 is 5.97 Å². The third-order valence-corrected chi connectivity index (χ3v) is 6.81. The van der Waals surface area contributed by atoms with Crippen LogP contribution in [0.4, 0.5) is 0 Å². The first-order valence-electron chi connectivity index (χ1n) is 13.4. The van der Waals surface area contributed by atoms with Gasteiger partial charge in [0.15, 0.2) is 0 Å². The smallest absolute Gasteiger partial charge is 0.329 e. The number of unbranched alkanes of at least 4 members (excludes halogenated alkanes) is 1. The molecule has 2 heterocycles. The average Bonchev–Trinajstić information content (AvgIpc) is 3.30. The summed E-state index contributed by atoms with van der Waals surface area (Å²) in [6.07, 6.45) is 5.38. The van der Waals surface area contributed by atoms with Gasteiger partial charge < -0.3 is 31.4 Å². The molecule has 0 radical (unpaired) electrons. The Morgan fingerprint density at radius 3 is 2.59 bits per heavy atom. The van der Waals surface area contributed by atoms with Gasteiger partial charge in [-0.05, 0) is 77.6 Å². The predicted molar refractivity (Wildman–Crippen MR) is 145 cm³/mol. The highest BCUT2D eigenvalue weighted by Gasteiger charge is 2.35. The molecule has 3 rings (SSSR count). The van der Waals surface area contributed by atoms with E-state index in [1.54, 1.807) is 20.8 Å². The van der Waals surface area contributed by atoms with E-state index in [0.717, 1.165) is 42.3 Å². The molecule has 9 heteroatoms. The summed E-state index contributed by atoms with van der Waals surface area (Å²) in [6, 6.07) is 6.17. The van der Waals surface area contributed by atoms with Gasteiger partial charge in [0, 0.05) is 29.6 Å². The van der Waals surface area contributed by atoms with Gasteiger partial charge in [-0.15, -0.1) is 0 Å². The van der Waals surface area contributed by atoms with Crippen LogP contribution in [0.25, 0.3) is 10.9 Å². The second-order valence-electron chi connectivity index (χ2n) is 11.0. The Morgan fingerprint density at radius 2 is 1.92 bits per heavy atom. The summed E-state index contributed by atoms with van der Waals surface area (Å²) >= 11 is 0. The number of aromatic nitrogens is 1. The maximum Gasteiger partial charge on any atom is 0.329 e. The number of H-pyrrole nitrogens is 1. The number of benzene rings is 1. The second kappa shape index (κ2) is 13.1. The number of ether oxygens (including phenoxy) is 1. The molecular weight excluding hydrogens is 470 g/mol. The molecule has 1 fully saturated rings. The highest BCUT2D eigenvalue weighted by Crippen LogP contribution is 2.28. The van der Waals surface area contributed by atoms with Crippen LogP contribution in [0.3, 0.4) is 0 Å². The number of carbonyl (C=O) groups is 3. The number of hydrogen-bond acceptors (Lipinski definition) is 6. The number of fused-ring (bicyclic) bond motifs is 1. The van der Waals surface area contributed by atoms with Crippen LogP contribution in [0.5, 0.6) is 0 Å². The zero-order chi connectivity index (χ0) is 27.0.